The Balaban J connectivity index is 2.67. The summed E-state index contributed by atoms with van der Waals surface area (Å²) in [6.45, 7) is 1.90. The van der Waals surface area contributed by atoms with Gasteiger partial charge in [0.2, 0.25) is 10.0 Å². The minimum Gasteiger partial charge on any atom is -0.472 e. The van der Waals surface area contributed by atoms with Gasteiger partial charge in [-0.3, -0.25) is 0 Å². The summed E-state index contributed by atoms with van der Waals surface area (Å²) in [4.78, 5) is -0.0119. The van der Waals surface area contributed by atoms with Crippen LogP contribution in [0.15, 0.2) is 23.0 Å². The van der Waals surface area contributed by atoms with Crippen molar-refractivity contribution in [2.75, 3.05) is 0 Å². The molecule has 90 valence electrons. The van der Waals surface area contributed by atoms with Crippen molar-refractivity contribution in [3.63, 3.8) is 0 Å². The maximum Gasteiger partial charge on any atom is 0.221 e. The molecule has 1 heterocycles. The lowest BCUT2D eigenvalue weighted by Crippen LogP contribution is -2.41. The van der Waals surface area contributed by atoms with Gasteiger partial charge in [0, 0.05) is 12.1 Å². The molecule has 1 aromatic rings. The van der Waals surface area contributed by atoms with E-state index in [2.05, 4.69) is 4.72 Å². The van der Waals surface area contributed by atoms with E-state index in [9.17, 15) is 8.42 Å². The fourth-order valence-electron chi connectivity index (χ4n) is 1.25. The maximum atomic E-state index is 11.8. The minimum atomic E-state index is -3.51. The molecule has 0 saturated heterocycles. The van der Waals surface area contributed by atoms with Crippen molar-refractivity contribution < 1.29 is 12.8 Å². The van der Waals surface area contributed by atoms with Crippen LogP contribution in [0.3, 0.4) is 0 Å². The fourth-order valence-corrected chi connectivity index (χ4v) is 3.11. The summed E-state index contributed by atoms with van der Waals surface area (Å²) in [6, 6.07) is 1.68. The van der Waals surface area contributed by atoms with Gasteiger partial charge in [0.25, 0.3) is 0 Å². The Labute approximate surface area is 100 Å². The van der Waals surface area contributed by atoms with E-state index in [0.29, 0.717) is 6.42 Å². The van der Waals surface area contributed by atoms with Crippen LogP contribution in [0, 0.1) is 0 Å². The number of nitrogens with one attached hydrogen (secondary N) is 1. The number of sulfonamides is 1. The number of nitrogens with two attached hydrogens (primary N) is 1. The Morgan fingerprint density at radius 3 is 2.81 bits per heavy atom. The molecule has 0 aliphatic heterocycles. The lowest BCUT2D eigenvalue weighted by molar-refractivity contribution is 0.560. The Morgan fingerprint density at radius 1 is 1.69 bits per heavy atom. The van der Waals surface area contributed by atoms with E-state index < -0.39 is 15.3 Å². The zero-order valence-corrected chi connectivity index (χ0v) is 10.5. The van der Waals surface area contributed by atoms with Crippen LogP contribution in [0.25, 0.3) is 0 Å². The van der Waals surface area contributed by atoms with E-state index in [4.69, 9.17) is 22.4 Å². The van der Waals surface area contributed by atoms with Crippen LogP contribution in [-0.4, -0.2) is 18.7 Å². The number of rotatable bonds is 6. The van der Waals surface area contributed by atoms with Gasteiger partial charge in [0.1, 0.15) is 5.25 Å². The van der Waals surface area contributed by atoms with Crippen molar-refractivity contribution in [1.29, 1.82) is 0 Å². The van der Waals surface area contributed by atoms with Crippen molar-refractivity contribution in [2.45, 2.75) is 25.1 Å². The third-order valence-electron chi connectivity index (χ3n) is 2.12. The largest absolute Gasteiger partial charge is 0.472 e. The first-order valence-corrected chi connectivity index (χ1v) is 6.71. The van der Waals surface area contributed by atoms with Gasteiger partial charge in [-0.05, 0) is 12.5 Å². The molecule has 0 bridgehead atoms. The molecule has 0 radical (unpaired) electrons. The predicted molar refractivity (Wildman–Crippen MR) is 65.3 cm³/mol. The van der Waals surface area contributed by atoms with Crippen LogP contribution >= 0.6 is 12.2 Å². The number of furan rings is 1. The highest BCUT2D eigenvalue weighted by molar-refractivity contribution is 7.93. The normalized spacial score (nSPS) is 13.6. The van der Waals surface area contributed by atoms with Crippen LogP contribution < -0.4 is 10.5 Å². The topological polar surface area (TPSA) is 85.3 Å². The molecule has 5 nitrogen and oxygen atoms in total. The van der Waals surface area contributed by atoms with Crippen molar-refractivity contribution in [1.82, 2.24) is 4.72 Å². The van der Waals surface area contributed by atoms with Gasteiger partial charge in [0.05, 0.1) is 17.5 Å². The SMILES string of the molecule is CCC(C(N)=S)S(=O)(=O)NCc1ccoc1. The molecular formula is C9H14N2O3S2. The number of hydrogen-bond acceptors (Lipinski definition) is 4. The summed E-state index contributed by atoms with van der Waals surface area (Å²) in [6.07, 6.45) is 3.31. The van der Waals surface area contributed by atoms with Gasteiger partial charge in [-0.15, -0.1) is 0 Å². The number of hydrogen-bond donors (Lipinski definition) is 2. The molecule has 1 rings (SSSR count). The summed E-state index contributed by atoms with van der Waals surface area (Å²) in [5.41, 5.74) is 6.13. The first-order valence-electron chi connectivity index (χ1n) is 4.76. The van der Waals surface area contributed by atoms with E-state index in [-0.39, 0.29) is 11.5 Å². The fraction of sp³-hybridized carbons (Fsp3) is 0.444. The second-order valence-electron chi connectivity index (χ2n) is 3.30. The van der Waals surface area contributed by atoms with Gasteiger partial charge in [0.15, 0.2) is 0 Å². The highest BCUT2D eigenvalue weighted by Gasteiger charge is 2.25. The Bertz CT molecular complexity index is 439. The van der Waals surface area contributed by atoms with Gasteiger partial charge < -0.3 is 10.2 Å². The first-order chi connectivity index (χ1) is 7.47. The van der Waals surface area contributed by atoms with E-state index in [1.165, 1.54) is 12.5 Å². The second kappa shape index (κ2) is 5.42. The van der Waals surface area contributed by atoms with Crippen LogP contribution in [0.2, 0.25) is 0 Å². The highest BCUT2D eigenvalue weighted by atomic mass is 32.2. The zero-order chi connectivity index (χ0) is 12.2. The van der Waals surface area contributed by atoms with Crippen LogP contribution in [0.1, 0.15) is 18.9 Å². The summed E-state index contributed by atoms with van der Waals surface area (Å²) < 4.78 is 30.8. The summed E-state index contributed by atoms with van der Waals surface area (Å²) in [5, 5.41) is -0.825. The molecule has 0 aliphatic rings. The molecule has 0 amide bonds. The quantitative estimate of drug-likeness (QED) is 0.739. The molecule has 0 aromatic carbocycles. The third-order valence-corrected chi connectivity index (χ3v) is 4.44. The Hall–Kier alpha value is -0.920. The molecule has 16 heavy (non-hydrogen) atoms. The van der Waals surface area contributed by atoms with E-state index in [1.54, 1.807) is 13.0 Å². The molecule has 0 saturated carbocycles. The van der Waals surface area contributed by atoms with Crippen molar-refractivity contribution in [2.24, 2.45) is 5.73 Å². The van der Waals surface area contributed by atoms with Gasteiger partial charge in [-0.25, -0.2) is 13.1 Å². The summed E-state index contributed by atoms with van der Waals surface area (Å²) >= 11 is 4.72. The monoisotopic (exact) mass is 262 g/mol. The molecule has 7 heteroatoms. The van der Waals surface area contributed by atoms with Gasteiger partial charge >= 0.3 is 0 Å². The minimum absolute atomic E-state index is 0.0119. The van der Waals surface area contributed by atoms with E-state index >= 15 is 0 Å². The number of thiocarbonyl (C=S) groups is 1. The zero-order valence-electron chi connectivity index (χ0n) is 8.84. The molecule has 1 atom stereocenters. The van der Waals surface area contributed by atoms with E-state index in [1.807, 2.05) is 0 Å². The highest BCUT2D eigenvalue weighted by Crippen LogP contribution is 2.07. The Kier molecular flexibility index (Phi) is 4.45. The average Bonchev–Trinajstić information content (AvgIpc) is 2.67. The standard InChI is InChI=1S/C9H14N2O3S2/c1-2-8(9(10)15)16(12,13)11-5-7-3-4-14-6-7/h3-4,6,8,11H,2,5H2,1H3,(H2,10,15). The molecule has 3 N–H and O–H groups in total. The maximum absolute atomic E-state index is 11.8. The lowest BCUT2D eigenvalue weighted by atomic mass is 10.3. The first kappa shape index (κ1) is 13.1. The molecular weight excluding hydrogens is 248 g/mol. The second-order valence-corrected chi connectivity index (χ2v) is 5.72. The van der Waals surface area contributed by atoms with Crippen LogP contribution in [0.4, 0.5) is 0 Å². The molecule has 0 aliphatic carbocycles. The molecule has 1 unspecified atom stereocenters. The summed E-state index contributed by atoms with van der Waals surface area (Å²) in [7, 11) is -3.51. The third kappa shape index (κ3) is 3.29. The summed E-state index contributed by atoms with van der Waals surface area (Å²) in [5.74, 6) is 0. The predicted octanol–water partition coefficient (Wildman–Crippen LogP) is 0.764. The van der Waals surface area contributed by atoms with Crippen molar-refractivity contribution in [3.05, 3.63) is 24.2 Å². The van der Waals surface area contributed by atoms with Crippen LogP contribution in [-0.2, 0) is 16.6 Å². The lowest BCUT2D eigenvalue weighted by Gasteiger charge is -2.14. The molecule has 0 fully saturated rings. The van der Waals surface area contributed by atoms with Gasteiger partial charge in [-0.2, -0.15) is 0 Å². The van der Waals surface area contributed by atoms with Crippen LogP contribution in [0.5, 0.6) is 0 Å². The van der Waals surface area contributed by atoms with Crippen molar-refractivity contribution >= 4 is 27.2 Å². The smallest absolute Gasteiger partial charge is 0.221 e. The average molecular weight is 262 g/mol. The molecule has 1 aromatic heterocycles. The van der Waals surface area contributed by atoms with Crippen molar-refractivity contribution in [3.8, 4) is 0 Å². The molecule has 0 spiro atoms. The van der Waals surface area contributed by atoms with E-state index in [0.717, 1.165) is 5.56 Å². The Morgan fingerprint density at radius 2 is 2.38 bits per heavy atom. The van der Waals surface area contributed by atoms with Gasteiger partial charge in [-0.1, -0.05) is 19.1 Å².